The van der Waals surface area contributed by atoms with Crippen LogP contribution in [0.5, 0.6) is 0 Å². The molecule has 2 aliphatic rings. The summed E-state index contributed by atoms with van der Waals surface area (Å²) in [5.74, 6) is 1.32. The molecule has 8 nitrogen and oxygen atoms in total. The quantitative estimate of drug-likeness (QED) is 0.675. The highest BCUT2D eigenvalue weighted by atomic mass is 32.2. The SMILES string of the molecule is O=S(=O)(N1CCCCC1)N1CCN(CCCc2nc(-c3cccs3)no2)CC1. The molecule has 2 aromatic heterocycles. The molecule has 2 aromatic rings. The number of hydrogen-bond donors (Lipinski definition) is 0. The summed E-state index contributed by atoms with van der Waals surface area (Å²) < 4.78 is 34.2. The number of piperazine rings is 1. The van der Waals surface area contributed by atoms with E-state index >= 15 is 0 Å². The molecule has 4 heterocycles. The summed E-state index contributed by atoms with van der Waals surface area (Å²) in [6.07, 6.45) is 4.75. The van der Waals surface area contributed by atoms with Gasteiger partial charge >= 0.3 is 0 Å². The van der Waals surface area contributed by atoms with Crippen molar-refractivity contribution in [1.29, 1.82) is 0 Å². The fraction of sp³-hybridized carbons (Fsp3) is 0.667. The number of hydrogen-bond acceptors (Lipinski definition) is 7. The molecule has 2 aliphatic heterocycles. The summed E-state index contributed by atoms with van der Waals surface area (Å²) in [7, 11) is -3.28. The highest BCUT2D eigenvalue weighted by Crippen LogP contribution is 2.22. The summed E-state index contributed by atoms with van der Waals surface area (Å²) in [6.45, 7) is 4.94. The number of thiophene rings is 1. The van der Waals surface area contributed by atoms with Crippen molar-refractivity contribution in [2.75, 3.05) is 45.8 Å². The molecule has 4 rings (SSSR count). The van der Waals surface area contributed by atoms with Crippen LogP contribution >= 0.6 is 11.3 Å². The number of rotatable bonds is 7. The Morgan fingerprint density at radius 1 is 1.04 bits per heavy atom. The first-order valence-electron chi connectivity index (χ1n) is 9.97. The molecule has 28 heavy (non-hydrogen) atoms. The zero-order valence-electron chi connectivity index (χ0n) is 16.0. The maximum absolute atomic E-state index is 12.8. The average molecular weight is 426 g/mol. The van der Waals surface area contributed by atoms with Crippen molar-refractivity contribution in [1.82, 2.24) is 23.7 Å². The van der Waals surface area contributed by atoms with Crippen LogP contribution in [0.25, 0.3) is 10.7 Å². The molecule has 0 aromatic carbocycles. The minimum absolute atomic E-state index is 0.571. The van der Waals surface area contributed by atoms with Gasteiger partial charge in [-0.25, -0.2) is 0 Å². The minimum atomic E-state index is -3.28. The second-order valence-electron chi connectivity index (χ2n) is 7.30. The maximum Gasteiger partial charge on any atom is 0.282 e. The van der Waals surface area contributed by atoms with Crippen LogP contribution in [0.15, 0.2) is 22.0 Å². The van der Waals surface area contributed by atoms with Crippen LogP contribution in [-0.2, 0) is 16.6 Å². The molecule has 2 fully saturated rings. The van der Waals surface area contributed by atoms with E-state index in [4.69, 9.17) is 4.52 Å². The first-order chi connectivity index (χ1) is 13.6. The van der Waals surface area contributed by atoms with Gasteiger partial charge in [0.15, 0.2) is 0 Å². The molecule has 0 aliphatic carbocycles. The molecule has 0 amide bonds. The van der Waals surface area contributed by atoms with Gasteiger partial charge in [0.25, 0.3) is 10.2 Å². The summed E-state index contributed by atoms with van der Waals surface area (Å²) >= 11 is 1.60. The van der Waals surface area contributed by atoms with Gasteiger partial charge in [-0.1, -0.05) is 17.6 Å². The molecule has 0 atom stereocenters. The molecule has 0 saturated carbocycles. The second kappa shape index (κ2) is 9.00. The van der Waals surface area contributed by atoms with Gasteiger partial charge in [0.05, 0.1) is 4.88 Å². The second-order valence-corrected chi connectivity index (χ2v) is 10.2. The molecular weight excluding hydrogens is 398 g/mol. The van der Waals surface area contributed by atoms with Gasteiger partial charge in [-0.2, -0.15) is 22.0 Å². The van der Waals surface area contributed by atoms with Crippen LogP contribution in [0, 0.1) is 0 Å². The maximum atomic E-state index is 12.8. The molecule has 0 bridgehead atoms. The fourth-order valence-corrected chi connectivity index (χ4v) is 6.08. The highest BCUT2D eigenvalue weighted by Gasteiger charge is 2.32. The van der Waals surface area contributed by atoms with Gasteiger partial charge in [-0.15, -0.1) is 11.3 Å². The van der Waals surface area contributed by atoms with E-state index in [9.17, 15) is 8.42 Å². The zero-order chi connectivity index (χ0) is 19.4. The van der Waals surface area contributed by atoms with Crippen molar-refractivity contribution in [3.05, 3.63) is 23.4 Å². The summed E-state index contributed by atoms with van der Waals surface area (Å²) in [5, 5.41) is 6.03. The third-order valence-electron chi connectivity index (χ3n) is 5.37. The van der Waals surface area contributed by atoms with Crippen LogP contribution < -0.4 is 0 Å². The summed E-state index contributed by atoms with van der Waals surface area (Å²) in [5.41, 5.74) is 0. The van der Waals surface area contributed by atoms with Crippen LogP contribution in [0.4, 0.5) is 0 Å². The normalized spacial score (nSPS) is 20.6. The smallest absolute Gasteiger partial charge is 0.282 e. The van der Waals surface area contributed by atoms with Gasteiger partial charge in [0.1, 0.15) is 0 Å². The van der Waals surface area contributed by atoms with E-state index < -0.39 is 10.2 Å². The van der Waals surface area contributed by atoms with Gasteiger partial charge in [0.2, 0.25) is 11.7 Å². The number of piperidine rings is 1. The summed E-state index contributed by atoms with van der Waals surface area (Å²) in [4.78, 5) is 7.79. The third-order valence-corrected chi connectivity index (χ3v) is 8.27. The molecule has 10 heteroatoms. The van der Waals surface area contributed by atoms with E-state index in [1.54, 1.807) is 19.9 Å². The molecule has 0 radical (unpaired) electrons. The Labute approximate surface area is 170 Å². The topological polar surface area (TPSA) is 82.8 Å². The lowest BCUT2D eigenvalue weighted by Gasteiger charge is -2.37. The molecule has 0 unspecified atom stereocenters. The van der Waals surface area contributed by atoms with E-state index in [1.807, 2.05) is 17.5 Å². The predicted octanol–water partition coefficient (Wildman–Crippen LogP) is 2.08. The Morgan fingerprint density at radius 2 is 1.79 bits per heavy atom. The van der Waals surface area contributed by atoms with Crippen molar-refractivity contribution in [3.8, 4) is 10.7 Å². The Kier molecular flexibility index (Phi) is 6.42. The number of nitrogens with zero attached hydrogens (tertiary/aromatic N) is 5. The molecule has 0 N–H and O–H groups in total. The average Bonchev–Trinajstić information content (AvgIpc) is 3.41. The van der Waals surface area contributed by atoms with Gasteiger partial charge < -0.3 is 9.42 Å². The Balaban J connectivity index is 1.21. The minimum Gasteiger partial charge on any atom is -0.339 e. The first kappa shape index (κ1) is 20.0. The molecule has 0 spiro atoms. The van der Waals surface area contributed by atoms with E-state index in [-0.39, 0.29) is 0 Å². The first-order valence-corrected chi connectivity index (χ1v) is 12.2. The Bertz CT molecular complexity index is 838. The van der Waals surface area contributed by atoms with E-state index in [1.165, 1.54) is 0 Å². The van der Waals surface area contributed by atoms with Crippen LogP contribution in [0.3, 0.4) is 0 Å². The monoisotopic (exact) mass is 425 g/mol. The zero-order valence-corrected chi connectivity index (χ0v) is 17.6. The Morgan fingerprint density at radius 3 is 2.50 bits per heavy atom. The molecular formula is C18H27N5O3S2. The predicted molar refractivity (Wildman–Crippen MR) is 108 cm³/mol. The Hall–Kier alpha value is -1.33. The lowest BCUT2D eigenvalue weighted by Crippen LogP contribution is -2.53. The third kappa shape index (κ3) is 4.62. The number of aryl methyl sites for hydroxylation is 1. The van der Waals surface area contributed by atoms with Crippen molar-refractivity contribution in [2.24, 2.45) is 0 Å². The lowest BCUT2D eigenvalue weighted by molar-refractivity contribution is 0.176. The summed E-state index contributed by atoms with van der Waals surface area (Å²) in [6, 6.07) is 3.96. The van der Waals surface area contributed by atoms with Crippen LogP contribution in [-0.4, -0.2) is 77.9 Å². The highest BCUT2D eigenvalue weighted by molar-refractivity contribution is 7.86. The van der Waals surface area contributed by atoms with Gasteiger partial charge in [-0.3, -0.25) is 0 Å². The van der Waals surface area contributed by atoms with Crippen molar-refractivity contribution >= 4 is 21.5 Å². The van der Waals surface area contributed by atoms with Crippen molar-refractivity contribution in [2.45, 2.75) is 32.1 Å². The largest absolute Gasteiger partial charge is 0.339 e. The molecule has 2 saturated heterocycles. The van der Waals surface area contributed by atoms with Gasteiger partial charge in [-0.05, 0) is 37.3 Å². The van der Waals surface area contributed by atoms with E-state index in [0.717, 1.165) is 56.6 Å². The van der Waals surface area contributed by atoms with Crippen LogP contribution in [0.1, 0.15) is 31.6 Å². The fourth-order valence-electron chi connectivity index (χ4n) is 3.76. The van der Waals surface area contributed by atoms with Crippen molar-refractivity contribution < 1.29 is 12.9 Å². The van der Waals surface area contributed by atoms with Gasteiger partial charge in [0, 0.05) is 45.7 Å². The van der Waals surface area contributed by atoms with Crippen molar-refractivity contribution in [3.63, 3.8) is 0 Å². The molecule has 154 valence electrons. The number of aromatic nitrogens is 2. The lowest BCUT2D eigenvalue weighted by atomic mass is 10.2. The standard InChI is InChI=1S/C18H27N5O3S2/c24-28(25,22-9-2-1-3-10-22)23-13-11-21(12-14-23)8-4-7-17-19-18(20-26-17)16-6-5-15-27-16/h5-6,15H,1-4,7-14H2. The van der Waals surface area contributed by atoms with E-state index in [2.05, 4.69) is 15.0 Å². The van der Waals surface area contributed by atoms with Crippen LogP contribution in [0.2, 0.25) is 0 Å². The van der Waals surface area contributed by atoms with E-state index in [0.29, 0.717) is 37.9 Å².